The Morgan fingerprint density at radius 1 is 1.24 bits per heavy atom. The standard InChI is InChI=1S/C14H23NO2/c1-11(2)14(10-17-3)15-8-12-6-4-5-7-13(12)9-16/h4-7,11,14-16H,8-10H2,1-3H3. The Morgan fingerprint density at radius 3 is 2.41 bits per heavy atom. The maximum Gasteiger partial charge on any atom is 0.0685 e. The van der Waals surface area contributed by atoms with Gasteiger partial charge in [-0.05, 0) is 17.0 Å². The Hall–Kier alpha value is -0.900. The lowest BCUT2D eigenvalue weighted by Gasteiger charge is -2.22. The number of rotatable bonds is 7. The van der Waals surface area contributed by atoms with E-state index in [9.17, 15) is 5.11 Å². The summed E-state index contributed by atoms with van der Waals surface area (Å²) in [6.07, 6.45) is 0. The minimum atomic E-state index is 0.0917. The topological polar surface area (TPSA) is 41.5 Å². The van der Waals surface area contributed by atoms with E-state index in [0.717, 1.165) is 17.7 Å². The quantitative estimate of drug-likeness (QED) is 0.761. The second-order valence-corrected chi connectivity index (χ2v) is 4.61. The van der Waals surface area contributed by atoms with Gasteiger partial charge in [-0.3, -0.25) is 0 Å². The number of aliphatic hydroxyl groups is 1. The average molecular weight is 237 g/mol. The summed E-state index contributed by atoms with van der Waals surface area (Å²) in [4.78, 5) is 0. The number of methoxy groups -OCH3 is 1. The maximum absolute atomic E-state index is 9.24. The summed E-state index contributed by atoms with van der Waals surface area (Å²) in [5.41, 5.74) is 2.14. The number of nitrogens with one attached hydrogen (secondary N) is 1. The largest absolute Gasteiger partial charge is 0.392 e. The molecule has 0 saturated carbocycles. The third kappa shape index (κ3) is 4.46. The molecule has 0 spiro atoms. The molecule has 0 aliphatic rings. The van der Waals surface area contributed by atoms with Crippen LogP contribution >= 0.6 is 0 Å². The number of aliphatic hydroxyl groups excluding tert-OH is 1. The fourth-order valence-corrected chi connectivity index (χ4v) is 1.79. The first-order chi connectivity index (χ1) is 8.19. The van der Waals surface area contributed by atoms with E-state index < -0.39 is 0 Å². The van der Waals surface area contributed by atoms with Crippen LogP contribution in [-0.4, -0.2) is 24.9 Å². The normalized spacial score (nSPS) is 13.0. The predicted octanol–water partition coefficient (Wildman–Crippen LogP) is 1.94. The molecule has 0 amide bonds. The molecule has 1 aromatic rings. The third-order valence-electron chi connectivity index (χ3n) is 2.99. The summed E-state index contributed by atoms with van der Waals surface area (Å²) in [6.45, 7) is 5.92. The molecule has 0 saturated heterocycles. The lowest BCUT2D eigenvalue weighted by molar-refractivity contribution is 0.146. The fraction of sp³-hybridized carbons (Fsp3) is 0.571. The molecule has 0 fully saturated rings. The lowest BCUT2D eigenvalue weighted by atomic mass is 10.0. The van der Waals surface area contributed by atoms with Gasteiger partial charge in [0.1, 0.15) is 0 Å². The van der Waals surface area contributed by atoms with Crippen LogP contribution in [-0.2, 0) is 17.9 Å². The molecule has 96 valence electrons. The minimum absolute atomic E-state index is 0.0917. The number of hydrogen-bond acceptors (Lipinski definition) is 3. The zero-order chi connectivity index (χ0) is 12.7. The van der Waals surface area contributed by atoms with E-state index in [4.69, 9.17) is 4.74 Å². The van der Waals surface area contributed by atoms with Crippen LogP contribution in [0.15, 0.2) is 24.3 Å². The van der Waals surface area contributed by atoms with Crippen molar-refractivity contribution in [2.24, 2.45) is 5.92 Å². The van der Waals surface area contributed by atoms with Crippen molar-refractivity contribution >= 4 is 0 Å². The molecule has 0 aliphatic carbocycles. The summed E-state index contributed by atoms with van der Waals surface area (Å²) in [5, 5.41) is 12.7. The molecule has 0 radical (unpaired) electrons. The Kier molecular flexibility index (Phi) is 6.19. The van der Waals surface area contributed by atoms with E-state index >= 15 is 0 Å². The molecule has 0 aliphatic heterocycles. The molecule has 0 bridgehead atoms. The second-order valence-electron chi connectivity index (χ2n) is 4.61. The van der Waals surface area contributed by atoms with Gasteiger partial charge in [-0.2, -0.15) is 0 Å². The van der Waals surface area contributed by atoms with Gasteiger partial charge in [-0.15, -0.1) is 0 Å². The minimum Gasteiger partial charge on any atom is -0.392 e. The van der Waals surface area contributed by atoms with Crippen LogP contribution in [0.3, 0.4) is 0 Å². The van der Waals surface area contributed by atoms with Crippen molar-refractivity contribution < 1.29 is 9.84 Å². The van der Waals surface area contributed by atoms with Crippen molar-refractivity contribution in [2.45, 2.75) is 33.0 Å². The molecule has 1 unspecified atom stereocenters. The van der Waals surface area contributed by atoms with Crippen LogP contribution in [0.4, 0.5) is 0 Å². The van der Waals surface area contributed by atoms with Crippen molar-refractivity contribution in [3.8, 4) is 0 Å². The van der Waals surface area contributed by atoms with E-state index in [1.807, 2.05) is 24.3 Å². The highest BCUT2D eigenvalue weighted by Crippen LogP contribution is 2.10. The van der Waals surface area contributed by atoms with Gasteiger partial charge >= 0.3 is 0 Å². The highest BCUT2D eigenvalue weighted by atomic mass is 16.5. The third-order valence-corrected chi connectivity index (χ3v) is 2.99. The van der Waals surface area contributed by atoms with Crippen LogP contribution in [0.5, 0.6) is 0 Å². The fourth-order valence-electron chi connectivity index (χ4n) is 1.79. The van der Waals surface area contributed by atoms with Crippen molar-refractivity contribution in [3.63, 3.8) is 0 Å². The van der Waals surface area contributed by atoms with Gasteiger partial charge < -0.3 is 15.2 Å². The lowest BCUT2D eigenvalue weighted by Crippen LogP contribution is -2.37. The van der Waals surface area contributed by atoms with Crippen molar-refractivity contribution in [1.29, 1.82) is 0 Å². The molecular formula is C14H23NO2. The number of ether oxygens (including phenoxy) is 1. The zero-order valence-corrected chi connectivity index (χ0v) is 10.9. The van der Waals surface area contributed by atoms with Crippen LogP contribution in [0.25, 0.3) is 0 Å². The van der Waals surface area contributed by atoms with Crippen molar-refractivity contribution in [2.75, 3.05) is 13.7 Å². The molecule has 1 rings (SSSR count). The first-order valence-corrected chi connectivity index (χ1v) is 6.09. The van der Waals surface area contributed by atoms with Gasteiger partial charge in [0.25, 0.3) is 0 Å². The van der Waals surface area contributed by atoms with Crippen molar-refractivity contribution in [1.82, 2.24) is 5.32 Å². The second kappa shape index (κ2) is 7.43. The average Bonchev–Trinajstić information content (AvgIpc) is 2.34. The van der Waals surface area contributed by atoms with Gasteiger partial charge in [-0.25, -0.2) is 0 Å². The van der Waals surface area contributed by atoms with Crippen LogP contribution in [0.1, 0.15) is 25.0 Å². The monoisotopic (exact) mass is 237 g/mol. The molecule has 0 aromatic heterocycles. The van der Waals surface area contributed by atoms with Gasteiger partial charge in [0.2, 0.25) is 0 Å². The Morgan fingerprint density at radius 2 is 1.88 bits per heavy atom. The number of hydrogen-bond donors (Lipinski definition) is 2. The van der Waals surface area contributed by atoms with Gasteiger partial charge in [0.05, 0.1) is 13.2 Å². The van der Waals surface area contributed by atoms with Crippen LogP contribution in [0, 0.1) is 5.92 Å². The van der Waals surface area contributed by atoms with Gasteiger partial charge in [0.15, 0.2) is 0 Å². The van der Waals surface area contributed by atoms with E-state index in [2.05, 4.69) is 19.2 Å². The van der Waals surface area contributed by atoms with E-state index in [-0.39, 0.29) is 6.61 Å². The summed E-state index contributed by atoms with van der Waals surface area (Å²) >= 11 is 0. The molecule has 2 N–H and O–H groups in total. The molecule has 0 heterocycles. The van der Waals surface area contributed by atoms with Crippen LogP contribution in [0.2, 0.25) is 0 Å². The smallest absolute Gasteiger partial charge is 0.0685 e. The molecule has 3 heteroatoms. The van der Waals surface area contributed by atoms with Crippen LogP contribution < -0.4 is 5.32 Å². The first kappa shape index (κ1) is 14.2. The summed E-state index contributed by atoms with van der Waals surface area (Å²) in [7, 11) is 1.72. The SMILES string of the molecule is COCC(NCc1ccccc1CO)C(C)C. The molecule has 3 nitrogen and oxygen atoms in total. The highest BCUT2D eigenvalue weighted by Gasteiger charge is 2.12. The molecule has 17 heavy (non-hydrogen) atoms. The van der Waals surface area contributed by atoms with E-state index in [0.29, 0.717) is 18.6 Å². The first-order valence-electron chi connectivity index (χ1n) is 6.09. The predicted molar refractivity (Wildman–Crippen MR) is 69.7 cm³/mol. The number of benzene rings is 1. The van der Waals surface area contributed by atoms with Gasteiger partial charge in [0, 0.05) is 19.7 Å². The maximum atomic E-state index is 9.24. The Bertz CT molecular complexity index is 326. The molecular weight excluding hydrogens is 214 g/mol. The Balaban J connectivity index is 2.58. The highest BCUT2D eigenvalue weighted by molar-refractivity contribution is 5.26. The summed E-state index contributed by atoms with van der Waals surface area (Å²) in [5.74, 6) is 0.524. The van der Waals surface area contributed by atoms with Gasteiger partial charge in [-0.1, -0.05) is 38.1 Å². The van der Waals surface area contributed by atoms with Crippen molar-refractivity contribution in [3.05, 3.63) is 35.4 Å². The summed E-state index contributed by atoms with van der Waals surface area (Å²) < 4.78 is 5.20. The molecule has 1 atom stereocenters. The summed E-state index contributed by atoms with van der Waals surface area (Å²) in [6, 6.07) is 8.29. The zero-order valence-electron chi connectivity index (χ0n) is 10.9. The molecule has 1 aromatic carbocycles. The van der Waals surface area contributed by atoms with E-state index in [1.165, 1.54) is 0 Å². The van der Waals surface area contributed by atoms with E-state index in [1.54, 1.807) is 7.11 Å². The Labute approximate surface area is 104 Å².